The van der Waals surface area contributed by atoms with Crippen molar-refractivity contribution in [2.45, 2.75) is 13.0 Å². The van der Waals surface area contributed by atoms with Crippen LogP contribution >= 0.6 is 0 Å². The molecule has 0 unspecified atom stereocenters. The highest BCUT2D eigenvalue weighted by molar-refractivity contribution is 5.62. The Morgan fingerprint density at radius 2 is 2.35 bits per heavy atom. The number of benzene rings is 1. The van der Waals surface area contributed by atoms with Crippen molar-refractivity contribution < 1.29 is 4.74 Å². The lowest BCUT2D eigenvalue weighted by Gasteiger charge is -2.14. The second-order valence-corrected chi connectivity index (χ2v) is 4.16. The lowest BCUT2D eigenvalue weighted by Crippen LogP contribution is -2.16. The molecule has 1 aromatic heterocycles. The minimum absolute atomic E-state index is 0.862. The SMILES string of the molecule is COc1cccc(-c2cn3c(n2)NCCC3)c1. The van der Waals surface area contributed by atoms with E-state index >= 15 is 0 Å². The lowest BCUT2D eigenvalue weighted by molar-refractivity contribution is 0.415. The van der Waals surface area contributed by atoms with E-state index in [1.807, 2.05) is 18.2 Å². The van der Waals surface area contributed by atoms with Gasteiger partial charge in [-0.3, -0.25) is 0 Å². The van der Waals surface area contributed by atoms with E-state index in [0.717, 1.165) is 42.5 Å². The van der Waals surface area contributed by atoms with Crippen molar-refractivity contribution >= 4 is 5.95 Å². The Bertz CT molecular complexity index is 510. The summed E-state index contributed by atoms with van der Waals surface area (Å²) in [5.74, 6) is 1.83. The summed E-state index contributed by atoms with van der Waals surface area (Å²) in [6, 6.07) is 7.99. The molecule has 0 spiro atoms. The van der Waals surface area contributed by atoms with Crippen molar-refractivity contribution in [1.29, 1.82) is 0 Å². The largest absolute Gasteiger partial charge is 0.497 e. The third-order valence-electron chi connectivity index (χ3n) is 3.00. The monoisotopic (exact) mass is 229 g/mol. The van der Waals surface area contributed by atoms with Gasteiger partial charge in [0.1, 0.15) is 5.75 Å². The van der Waals surface area contributed by atoms with Gasteiger partial charge in [0, 0.05) is 24.8 Å². The number of hydrogen-bond donors (Lipinski definition) is 1. The fraction of sp³-hybridized carbons (Fsp3) is 0.308. The molecule has 3 rings (SSSR count). The van der Waals surface area contributed by atoms with Crippen molar-refractivity contribution in [2.24, 2.45) is 0 Å². The summed E-state index contributed by atoms with van der Waals surface area (Å²) in [5, 5.41) is 3.30. The molecule has 0 saturated carbocycles. The highest BCUT2D eigenvalue weighted by Crippen LogP contribution is 2.25. The van der Waals surface area contributed by atoms with E-state index in [1.165, 1.54) is 0 Å². The smallest absolute Gasteiger partial charge is 0.203 e. The van der Waals surface area contributed by atoms with Gasteiger partial charge in [0.2, 0.25) is 5.95 Å². The minimum Gasteiger partial charge on any atom is -0.497 e. The maximum atomic E-state index is 5.23. The van der Waals surface area contributed by atoms with E-state index < -0.39 is 0 Å². The van der Waals surface area contributed by atoms with Gasteiger partial charge in [-0.1, -0.05) is 12.1 Å². The molecule has 17 heavy (non-hydrogen) atoms. The fourth-order valence-corrected chi connectivity index (χ4v) is 2.10. The second-order valence-electron chi connectivity index (χ2n) is 4.16. The molecule has 1 aliphatic rings. The Morgan fingerprint density at radius 3 is 3.18 bits per heavy atom. The predicted octanol–water partition coefficient (Wildman–Crippen LogP) is 2.37. The minimum atomic E-state index is 0.862. The summed E-state index contributed by atoms with van der Waals surface area (Å²) < 4.78 is 7.39. The molecule has 0 atom stereocenters. The van der Waals surface area contributed by atoms with E-state index in [9.17, 15) is 0 Å². The number of nitrogens with zero attached hydrogens (tertiary/aromatic N) is 2. The number of rotatable bonds is 2. The number of aromatic nitrogens is 2. The summed E-state index contributed by atoms with van der Waals surface area (Å²) in [5.41, 5.74) is 2.08. The van der Waals surface area contributed by atoms with Gasteiger partial charge in [-0.25, -0.2) is 4.98 Å². The normalized spacial score (nSPS) is 13.9. The summed E-state index contributed by atoms with van der Waals surface area (Å²) in [7, 11) is 1.68. The third kappa shape index (κ3) is 1.86. The van der Waals surface area contributed by atoms with Gasteiger partial charge in [0.25, 0.3) is 0 Å². The zero-order chi connectivity index (χ0) is 11.7. The van der Waals surface area contributed by atoms with Crippen molar-refractivity contribution in [2.75, 3.05) is 19.0 Å². The van der Waals surface area contributed by atoms with Crippen molar-refractivity contribution in [3.63, 3.8) is 0 Å². The summed E-state index contributed by atoms with van der Waals surface area (Å²) in [6.07, 6.45) is 3.25. The molecule has 0 amide bonds. The van der Waals surface area contributed by atoms with E-state index in [4.69, 9.17) is 4.74 Å². The number of nitrogens with one attached hydrogen (secondary N) is 1. The van der Waals surface area contributed by atoms with Gasteiger partial charge in [-0.2, -0.15) is 0 Å². The van der Waals surface area contributed by atoms with E-state index in [0.29, 0.717) is 0 Å². The number of fused-ring (bicyclic) bond motifs is 1. The van der Waals surface area contributed by atoms with Crippen LogP contribution in [0.25, 0.3) is 11.3 Å². The zero-order valence-electron chi connectivity index (χ0n) is 9.81. The van der Waals surface area contributed by atoms with Crippen molar-refractivity contribution in [1.82, 2.24) is 9.55 Å². The molecule has 0 fully saturated rings. The molecular formula is C13H15N3O. The first-order valence-electron chi connectivity index (χ1n) is 5.82. The van der Waals surface area contributed by atoms with E-state index in [2.05, 4.69) is 27.1 Å². The van der Waals surface area contributed by atoms with Gasteiger partial charge in [-0.05, 0) is 18.6 Å². The number of hydrogen-bond acceptors (Lipinski definition) is 3. The van der Waals surface area contributed by atoms with E-state index in [1.54, 1.807) is 7.11 Å². The molecule has 0 bridgehead atoms. The average Bonchev–Trinajstić information content (AvgIpc) is 2.82. The predicted molar refractivity (Wildman–Crippen MR) is 67.3 cm³/mol. The van der Waals surface area contributed by atoms with Gasteiger partial charge in [0.05, 0.1) is 12.8 Å². The Labute approximate surface area is 100 Å². The van der Waals surface area contributed by atoms with Crippen LogP contribution in [0.4, 0.5) is 5.95 Å². The Morgan fingerprint density at radius 1 is 1.41 bits per heavy atom. The first kappa shape index (κ1) is 10.2. The quantitative estimate of drug-likeness (QED) is 0.859. The molecule has 1 aliphatic heterocycles. The molecule has 2 heterocycles. The fourth-order valence-electron chi connectivity index (χ4n) is 2.10. The van der Waals surface area contributed by atoms with Crippen LogP contribution in [-0.2, 0) is 6.54 Å². The Hall–Kier alpha value is -1.97. The van der Waals surface area contributed by atoms with Crippen LogP contribution in [-0.4, -0.2) is 23.2 Å². The first-order chi connectivity index (χ1) is 8.36. The van der Waals surface area contributed by atoms with Gasteiger partial charge >= 0.3 is 0 Å². The molecule has 88 valence electrons. The van der Waals surface area contributed by atoms with Crippen molar-refractivity contribution in [3.05, 3.63) is 30.5 Å². The Kier molecular flexibility index (Phi) is 2.48. The number of anilines is 1. The number of ether oxygens (including phenoxy) is 1. The summed E-state index contributed by atoms with van der Waals surface area (Å²) >= 11 is 0. The number of aryl methyl sites for hydroxylation is 1. The molecule has 0 saturated heterocycles. The Balaban J connectivity index is 2.00. The van der Waals surface area contributed by atoms with Crippen LogP contribution in [0.15, 0.2) is 30.5 Å². The summed E-state index contributed by atoms with van der Waals surface area (Å²) in [4.78, 5) is 4.59. The maximum Gasteiger partial charge on any atom is 0.203 e. The molecule has 0 radical (unpaired) electrons. The maximum absolute atomic E-state index is 5.23. The summed E-state index contributed by atoms with van der Waals surface area (Å²) in [6.45, 7) is 2.05. The topological polar surface area (TPSA) is 39.1 Å². The standard InChI is InChI=1S/C13H15N3O/c1-17-11-5-2-4-10(8-11)12-9-16-7-3-6-14-13(16)15-12/h2,4-5,8-9H,3,6-7H2,1H3,(H,14,15). The van der Waals surface area contributed by atoms with Crippen LogP contribution in [0.5, 0.6) is 5.75 Å². The molecule has 0 aliphatic carbocycles. The molecule has 2 aromatic rings. The van der Waals surface area contributed by atoms with Crippen LogP contribution < -0.4 is 10.1 Å². The highest BCUT2D eigenvalue weighted by atomic mass is 16.5. The van der Waals surface area contributed by atoms with Gasteiger partial charge in [0.15, 0.2) is 0 Å². The average molecular weight is 229 g/mol. The van der Waals surface area contributed by atoms with Gasteiger partial charge < -0.3 is 14.6 Å². The first-order valence-corrected chi connectivity index (χ1v) is 5.82. The molecule has 4 nitrogen and oxygen atoms in total. The van der Waals surface area contributed by atoms with Gasteiger partial charge in [-0.15, -0.1) is 0 Å². The van der Waals surface area contributed by atoms with Crippen molar-refractivity contribution in [3.8, 4) is 17.0 Å². The van der Waals surface area contributed by atoms with Crippen LogP contribution in [0, 0.1) is 0 Å². The molecule has 1 N–H and O–H groups in total. The number of methoxy groups -OCH3 is 1. The molecule has 1 aromatic carbocycles. The highest BCUT2D eigenvalue weighted by Gasteiger charge is 2.12. The molecular weight excluding hydrogens is 214 g/mol. The van der Waals surface area contributed by atoms with E-state index in [-0.39, 0.29) is 0 Å². The second kappa shape index (κ2) is 4.13. The lowest BCUT2D eigenvalue weighted by atomic mass is 10.1. The third-order valence-corrected chi connectivity index (χ3v) is 3.00. The van der Waals surface area contributed by atoms with Crippen LogP contribution in [0.3, 0.4) is 0 Å². The van der Waals surface area contributed by atoms with Crippen LogP contribution in [0.2, 0.25) is 0 Å². The molecule has 4 heteroatoms. The zero-order valence-corrected chi connectivity index (χ0v) is 9.81. The number of imidazole rings is 1. The van der Waals surface area contributed by atoms with Crippen LogP contribution in [0.1, 0.15) is 6.42 Å².